The van der Waals surface area contributed by atoms with Gasteiger partial charge in [-0.1, -0.05) is 26.0 Å². The van der Waals surface area contributed by atoms with E-state index in [2.05, 4.69) is 46.5 Å². The van der Waals surface area contributed by atoms with Crippen LogP contribution in [-0.4, -0.2) is 34.1 Å². The SMILES string of the molecule is CCCN(CC)CCn1c(C(C)Cl)nc2ccccc21. The van der Waals surface area contributed by atoms with Crippen molar-refractivity contribution in [3.63, 3.8) is 0 Å². The lowest BCUT2D eigenvalue weighted by molar-refractivity contribution is 0.276. The summed E-state index contributed by atoms with van der Waals surface area (Å²) >= 11 is 6.29. The fourth-order valence-corrected chi connectivity index (χ4v) is 2.79. The van der Waals surface area contributed by atoms with Crippen molar-refractivity contribution in [2.45, 2.75) is 39.1 Å². The summed E-state index contributed by atoms with van der Waals surface area (Å²) in [5, 5.41) is -0.0661. The zero-order valence-corrected chi connectivity index (χ0v) is 13.4. The number of hydrogen-bond donors (Lipinski definition) is 0. The predicted molar refractivity (Wildman–Crippen MR) is 86.4 cm³/mol. The van der Waals surface area contributed by atoms with E-state index >= 15 is 0 Å². The van der Waals surface area contributed by atoms with Crippen LogP contribution in [0.3, 0.4) is 0 Å². The maximum Gasteiger partial charge on any atom is 0.127 e. The van der Waals surface area contributed by atoms with Crippen molar-refractivity contribution in [1.29, 1.82) is 0 Å². The Balaban J connectivity index is 2.25. The molecule has 3 nitrogen and oxygen atoms in total. The number of rotatable bonds is 7. The van der Waals surface area contributed by atoms with E-state index in [1.165, 1.54) is 11.9 Å². The standard InChI is InChI=1S/C16H24ClN3/c1-4-10-19(5-2)11-12-20-15-9-7-6-8-14(15)18-16(20)13(3)17/h6-9,13H,4-5,10-12H2,1-3H3. The molecule has 2 rings (SSSR count). The number of alkyl halides is 1. The Morgan fingerprint density at radius 3 is 2.65 bits per heavy atom. The molecule has 0 bridgehead atoms. The highest BCUT2D eigenvalue weighted by Crippen LogP contribution is 2.24. The quantitative estimate of drug-likeness (QED) is 0.718. The molecule has 1 aromatic carbocycles. The third-order valence-corrected chi connectivity index (χ3v) is 3.86. The summed E-state index contributed by atoms with van der Waals surface area (Å²) in [7, 11) is 0. The second kappa shape index (κ2) is 7.09. The molecule has 0 radical (unpaired) electrons. The Morgan fingerprint density at radius 1 is 1.25 bits per heavy atom. The normalized spacial score (nSPS) is 13.2. The summed E-state index contributed by atoms with van der Waals surface area (Å²) in [5.41, 5.74) is 2.22. The number of benzene rings is 1. The minimum atomic E-state index is -0.0661. The van der Waals surface area contributed by atoms with Crippen LogP contribution in [0, 0.1) is 0 Å². The van der Waals surface area contributed by atoms with E-state index in [0.717, 1.165) is 37.5 Å². The van der Waals surface area contributed by atoms with Crippen LogP contribution in [0.5, 0.6) is 0 Å². The molecular formula is C16H24ClN3. The molecule has 0 aliphatic rings. The summed E-state index contributed by atoms with van der Waals surface area (Å²) in [6, 6.07) is 8.27. The number of nitrogens with zero attached hydrogens (tertiary/aromatic N) is 3. The van der Waals surface area contributed by atoms with Gasteiger partial charge in [-0.15, -0.1) is 11.6 Å². The third kappa shape index (κ3) is 3.33. The van der Waals surface area contributed by atoms with Crippen LogP contribution < -0.4 is 0 Å². The Morgan fingerprint density at radius 2 is 2.00 bits per heavy atom. The highest BCUT2D eigenvalue weighted by molar-refractivity contribution is 6.20. The first-order valence-corrected chi connectivity index (χ1v) is 7.92. The van der Waals surface area contributed by atoms with Gasteiger partial charge in [0.2, 0.25) is 0 Å². The number of para-hydroxylation sites is 2. The van der Waals surface area contributed by atoms with E-state index < -0.39 is 0 Å². The number of hydrogen-bond acceptors (Lipinski definition) is 2. The lowest BCUT2D eigenvalue weighted by Crippen LogP contribution is -2.28. The zero-order valence-electron chi connectivity index (χ0n) is 12.6. The molecule has 1 heterocycles. The predicted octanol–water partition coefficient (Wildman–Crippen LogP) is 4.07. The average molecular weight is 294 g/mol. The summed E-state index contributed by atoms with van der Waals surface area (Å²) in [4.78, 5) is 7.14. The van der Waals surface area contributed by atoms with Crippen molar-refractivity contribution in [3.05, 3.63) is 30.1 Å². The number of imidazole rings is 1. The van der Waals surface area contributed by atoms with Gasteiger partial charge in [0.1, 0.15) is 5.82 Å². The maximum atomic E-state index is 6.29. The summed E-state index contributed by atoms with van der Waals surface area (Å²) < 4.78 is 2.27. The van der Waals surface area contributed by atoms with Gasteiger partial charge in [0.15, 0.2) is 0 Å². The average Bonchev–Trinajstić information content (AvgIpc) is 2.82. The fraction of sp³-hybridized carbons (Fsp3) is 0.562. The summed E-state index contributed by atoms with van der Waals surface area (Å²) in [6.07, 6.45) is 1.19. The highest BCUT2D eigenvalue weighted by atomic mass is 35.5. The first-order valence-electron chi connectivity index (χ1n) is 7.49. The maximum absolute atomic E-state index is 6.29. The van der Waals surface area contributed by atoms with Crippen LogP contribution in [0.4, 0.5) is 0 Å². The molecule has 2 aromatic rings. The summed E-state index contributed by atoms with van der Waals surface area (Å²) in [6.45, 7) is 10.7. The van der Waals surface area contributed by atoms with Crippen LogP contribution in [0.2, 0.25) is 0 Å². The molecule has 1 atom stereocenters. The van der Waals surface area contributed by atoms with Crippen molar-refractivity contribution in [2.24, 2.45) is 0 Å². The molecular weight excluding hydrogens is 270 g/mol. The van der Waals surface area contributed by atoms with Crippen molar-refractivity contribution in [1.82, 2.24) is 14.5 Å². The Hall–Kier alpha value is -1.06. The molecule has 110 valence electrons. The van der Waals surface area contributed by atoms with Crippen molar-refractivity contribution < 1.29 is 0 Å². The smallest absolute Gasteiger partial charge is 0.127 e. The van der Waals surface area contributed by atoms with E-state index in [9.17, 15) is 0 Å². The van der Waals surface area contributed by atoms with Crippen molar-refractivity contribution >= 4 is 22.6 Å². The first kappa shape index (κ1) is 15.3. The Labute approximate surface area is 126 Å². The second-order valence-corrected chi connectivity index (χ2v) is 5.82. The van der Waals surface area contributed by atoms with E-state index in [4.69, 9.17) is 11.6 Å². The van der Waals surface area contributed by atoms with Crippen LogP contribution in [-0.2, 0) is 6.54 Å². The van der Waals surface area contributed by atoms with Gasteiger partial charge >= 0.3 is 0 Å². The van der Waals surface area contributed by atoms with Gasteiger partial charge < -0.3 is 9.47 Å². The van der Waals surface area contributed by atoms with Gasteiger partial charge in [-0.3, -0.25) is 0 Å². The number of likely N-dealkylation sites (N-methyl/N-ethyl adjacent to an activating group) is 1. The zero-order chi connectivity index (χ0) is 14.5. The van der Waals surface area contributed by atoms with Gasteiger partial charge in [-0.2, -0.15) is 0 Å². The molecule has 4 heteroatoms. The van der Waals surface area contributed by atoms with Crippen molar-refractivity contribution in [3.8, 4) is 0 Å². The molecule has 0 amide bonds. The first-order chi connectivity index (χ1) is 9.67. The molecule has 0 saturated heterocycles. The van der Waals surface area contributed by atoms with Crippen LogP contribution in [0.25, 0.3) is 11.0 Å². The third-order valence-electron chi connectivity index (χ3n) is 3.67. The van der Waals surface area contributed by atoms with Gasteiger partial charge in [-0.25, -0.2) is 4.98 Å². The second-order valence-electron chi connectivity index (χ2n) is 5.16. The number of halogens is 1. The molecule has 0 spiro atoms. The van der Waals surface area contributed by atoms with Gasteiger partial charge in [0, 0.05) is 13.1 Å². The topological polar surface area (TPSA) is 21.1 Å². The van der Waals surface area contributed by atoms with Gasteiger partial charge in [0.25, 0.3) is 0 Å². The fourth-order valence-electron chi connectivity index (χ4n) is 2.62. The number of fused-ring (bicyclic) bond motifs is 1. The van der Waals surface area contributed by atoms with Crippen LogP contribution >= 0.6 is 11.6 Å². The van der Waals surface area contributed by atoms with Crippen molar-refractivity contribution in [2.75, 3.05) is 19.6 Å². The van der Waals surface area contributed by atoms with Crippen LogP contribution in [0.1, 0.15) is 38.4 Å². The molecule has 20 heavy (non-hydrogen) atoms. The highest BCUT2D eigenvalue weighted by Gasteiger charge is 2.15. The molecule has 1 unspecified atom stereocenters. The monoisotopic (exact) mass is 293 g/mol. The lowest BCUT2D eigenvalue weighted by Gasteiger charge is -2.21. The molecule has 1 aromatic heterocycles. The van der Waals surface area contributed by atoms with Gasteiger partial charge in [-0.05, 0) is 38.6 Å². The van der Waals surface area contributed by atoms with Gasteiger partial charge in [0.05, 0.1) is 16.4 Å². The van der Waals surface area contributed by atoms with E-state index in [0.29, 0.717) is 0 Å². The molecule has 0 saturated carbocycles. The minimum Gasteiger partial charge on any atom is -0.325 e. The summed E-state index contributed by atoms with van der Waals surface area (Å²) in [5.74, 6) is 0.973. The largest absolute Gasteiger partial charge is 0.325 e. The van der Waals surface area contributed by atoms with E-state index in [1.807, 2.05) is 13.0 Å². The Kier molecular flexibility index (Phi) is 5.44. The lowest BCUT2D eigenvalue weighted by atomic mass is 10.3. The molecule has 0 N–H and O–H groups in total. The van der Waals surface area contributed by atoms with E-state index in [-0.39, 0.29) is 5.38 Å². The molecule has 0 aliphatic heterocycles. The molecule has 0 aliphatic carbocycles. The van der Waals surface area contributed by atoms with E-state index in [1.54, 1.807) is 0 Å². The Bertz CT molecular complexity index is 548. The number of aromatic nitrogens is 2. The molecule has 0 fully saturated rings. The van der Waals surface area contributed by atoms with Crippen LogP contribution in [0.15, 0.2) is 24.3 Å². The minimum absolute atomic E-state index is 0.0661.